The normalized spacial score (nSPS) is 12.3. The minimum Gasteiger partial charge on any atom is -0.480 e. The maximum Gasteiger partial charge on any atom is 0.320 e. The number of rotatable bonds is 11. The first-order valence-electron chi connectivity index (χ1n) is 6.02. The average molecular weight is 245 g/mol. The maximum absolute atomic E-state index is 10.8. The third-order valence-corrected chi connectivity index (χ3v) is 2.50. The van der Waals surface area contributed by atoms with Crippen LogP contribution in [0.2, 0.25) is 0 Å². The van der Waals surface area contributed by atoms with Gasteiger partial charge in [-0.05, 0) is 32.4 Å². The second-order valence-electron chi connectivity index (χ2n) is 4.05. The molecular formula is C11H23N3O3. The Bertz CT molecular complexity index is 234. The number of carboxylic acid groups (broad SMARTS) is 1. The predicted octanol–water partition coefficient (Wildman–Crippen LogP) is -0.186. The molecule has 1 amide bonds. The first-order valence-corrected chi connectivity index (χ1v) is 6.02. The molecule has 0 heterocycles. The monoisotopic (exact) mass is 245 g/mol. The van der Waals surface area contributed by atoms with Gasteiger partial charge in [-0.2, -0.15) is 0 Å². The van der Waals surface area contributed by atoms with Crippen LogP contribution in [-0.2, 0) is 9.59 Å². The van der Waals surface area contributed by atoms with Crippen LogP contribution in [0.15, 0.2) is 0 Å². The SMILES string of the molecule is NCCCCCCNC(CCC(N)=O)C(=O)O. The van der Waals surface area contributed by atoms with Crippen LogP contribution < -0.4 is 16.8 Å². The highest BCUT2D eigenvalue weighted by Gasteiger charge is 2.16. The molecule has 0 saturated carbocycles. The van der Waals surface area contributed by atoms with E-state index in [4.69, 9.17) is 16.6 Å². The van der Waals surface area contributed by atoms with E-state index in [1.165, 1.54) is 0 Å². The summed E-state index contributed by atoms with van der Waals surface area (Å²) < 4.78 is 0. The van der Waals surface area contributed by atoms with Gasteiger partial charge in [0.25, 0.3) is 0 Å². The van der Waals surface area contributed by atoms with E-state index in [9.17, 15) is 9.59 Å². The number of primary amides is 1. The summed E-state index contributed by atoms with van der Waals surface area (Å²) >= 11 is 0. The zero-order valence-corrected chi connectivity index (χ0v) is 10.2. The number of carboxylic acids is 1. The Morgan fingerprint density at radius 2 is 1.82 bits per heavy atom. The minimum absolute atomic E-state index is 0.0944. The molecule has 6 nitrogen and oxygen atoms in total. The van der Waals surface area contributed by atoms with Crippen molar-refractivity contribution in [2.45, 2.75) is 44.6 Å². The van der Waals surface area contributed by atoms with Crippen molar-refractivity contribution in [2.75, 3.05) is 13.1 Å². The van der Waals surface area contributed by atoms with Gasteiger partial charge in [-0.15, -0.1) is 0 Å². The molecule has 6 heteroatoms. The topological polar surface area (TPSA) is 118 Å². The Hall–Kier alpha value is -1.14. The van der Waals surface area contributed by atoms with Gasteiger partial charge in [-0.1, -0.05) is 12.8 Å². The van der Waals surface area contributed by atoms with Gasteiger partial charge < -0.3 is 21.9 Å². The molecule has 0 fully saturated rings. The Kier molecular flexibility index (Phi) is 9.37. The van der Waals surface area contributed by atoms with Gasteiger partial charge in [0, 0.05) is 6.42 Å². The molecule has 100 valence electrons. The van der Waals surface area contributed by atoms with Crippen LogP contribution in [0.1, 0.15) is 38.5 Å². The van der Waals surface area contributed by atoms with Gasteiger partial charge in [-0.25, -0.2) is 0 Å². The lowest BCUT2D eigenvalue weighted by molar-refractivity contribution is -0.139. The van der Waals surface area contributed by atoms with Crippen LogP contribution in [0.4, 0.5) is 0 Å². The molecule has 17 heavy (non-hydrogen) atoms. The number of nitrogens with two attached hydrogens (primary N) is 2. The predicted molar refractivity (Wildman–Crippen MR) is 65.4 cm³/mol. The van der Waals surface area contributed by atoms with Gasteiger partial charge in [0.15, 0.2) is 0 Å². The van der Waals surface area contributed by atoms with Gasteiger partial charge in [0.2, 0.25) is 5.91 Å². The van der Waals surface area contributed by atoms with Gasteiger partial charge >= 0.3 is 5.97 Å². The van der Waals surface area contributed by atoms with Crippen LogP contribution in [-0.4, -0.2) is 36.1 Å². The molecule has 0 aromatic carbocycles. The average Bonchev–Trinajstić information content (AvgIpc) is 2.26. The quantitative estimate of drug-likeness (QED) is 0.376. The molecule has 0 bridgehead atoms. The van der Waals surface area contributed by atoms with Crippen molar-refractivity contribution in [2.24, 2.45) is 11.5 Å². The Balaban J connectivity index is 3.63. The molecule has 6 N–H and O–H groups in total. The molecule has 0 aliphatic carbocycles. The fourth-order valence-corrected chi connectivity index (χ4v) is 1.50. The lowest BCUT2D eigenvalue weighted by Gasteiger charge is -2.13. The van der Waals surface area contributed by atoms with Crippen LogP contribution in [0.3, 0.4) is 0 Å². The van der Waals surface area contributed by atoms with Crippen LogP contribution in [0.25, 0.3) is 0 Å². The molecule has 0 aromatic rings. The van der Waals surface area contributed by atoms with Crippen LogP contribution in [0, 0.1) is 0 Å². The summed E-state index contributed by atoms with van der Waals surface area (Å²) in [5, 5.41) is 11.8. The molecule has 1 unspecified atom stereocenters. The number of carbonyl (C=O) groups is 2. The molecule has 0 saturated heterocycles. The van der Waals surface area contributed by atoms with Gasteiger partial charge in [-0.3, -0.25) is 9.59 Å². The van der Waals surface area contributed by atoms with Crippen molar-refractivity contribution < 1.29 is 14.7 Å². The van der Waals surface area contributed by atoms with E-state index in [0.29, 0.717) is 13.1 Å². The fraction of sp³-hybridized carbons (Fsp3) is 0.818. The summed E-state index contributed by atoms with van der Waals surface area (Å²) in [5.74, 6) is -1.41. The lowest BCUT2D eigenvalue weighted by atomic mass is 10.1. The zero-order chi connectivity index (χ0) is 13.1. The highest BCUT2D eigenvalue weighted by atomic mass is 16.4. The summed E-state index contributed by atoms with van der Waals surface area (Å²) in [7, 11) is 0. The third kappa shape index (κ3) is 9.77. The second-order valence-corrected chi connectivity index (χ2v) is 4.05. The number of unbranched alkanes of at least 4 members (excludes halogenated alkanes) is 3. The summed E-state index contributed by atoms with van der Waals surface area (Å²) in [5.41, 5.74) is 10.3. The fourth-order valence-electron chi connectivity index (χ4n) is 1.50. The largest absolute Gasteiger partial charge is 0.480 e. The van der Waals surface area contributed by atoms with Crippen molar-refractivity contribution in [3.8, 4) is 0 Å². The number of nitrogens with one attached hydrogen (secondary N) is 1. The highest BCUT2D eigenvalue weighted by Crippen LogP contribution is 2.00. The number of hydrogen-bond donors (Lipinski definition) is 4. The lowest BCUT2D eigenvalue weighted by Crippen LogP contribution is -2.38. The summed E-state index contributed by atoms with van der Waals surface area (Å²) in [4.78, 5) is 21.4. The van der Waals surface area contributed by atoms with E-state index in [1.54, 1.807) is 0 Å². The number of carbonyl (C=O) groups excluding carboxylic acids is 1. The molecule has 0 aliphatic heterocycles. The van der Waals surface area contributed by atoms with Crippen molar-refractivity contribution >= 4 is 11.9 Å². The standard InChI is InChI=1S/C11H23N3O3/c12-7-3-1-2-4-8-14-9(11(16)17)5-6-10(13)15/h9,14H,1-8,12H2,(H2,13,15)(H,16,17). The number of amides is 1. The van der Waals surface area contributed by atoms with E-state index >= 15 is 0 Å². The molecule has 1 atom stereocenters. The van der Waals surface area contributed by atoms with Crippen LogP contribution in [0.5, 0.6) is 0 Å². The molecular weight excluding hydrogens is 222 g/mol. The Morgan fingerprint density at radius 1 is 1.18 bits per heavy atom. The van der Waals surface area contributed by atoms with Crippen molar-refractivity contribution in [1.82, 2.24) is 5.32 Å². The van der Waals surface area contributed by atoms with Gasteiger partial charge in [0.1, 0.15) is 6.04 Å². The summed E-state index contributed by atoms with van der Waals surface area (Å²) in [6.45, 7) is 1.34. The molecule has 0 aromatic heterocycles. The van der Waals surface area contributed by atoms with E-state index in [2.05, 4.69) is 5.32 Å². The molecule has 0 rings (SSSR count). The number of aliphatic carboxylic acids is 1. The van der Waals surface area contributed by atoms with E-state index < -0.39 is 17.9 Å². The first kappa shape index (κ1) is 15.9. The Labute approximate surface area is 102 Å². The summed E-state index contributed by atoms with van der Waals surface area (Å²) in [6.07, 6.45) is 4.36. The second kappa shape index (κ2) is 10.0. The molecule has 0 aliphatic rings. The Morgan fingerprint density at radius 3 is 2.35 bits per heavy atom. The van der Waals surface area contributed by atoms with Crippen LogP contribution >= 0.6 is 0 Å². The first-order chi connectivity index (χ1) is 8.07. The highest BCUT2D eigenvalue weighted by molar-refractivity contribution is 5.77. The summed E-state index contributed by atoms with van der Waals surface area (Å²) in [6, 6.07) is -0.683. The molecule has 0 spiro atoms. The van der Waals surface area contributed by atoms with E-state index in [1.807, 2.05) is 0 Å². The van der Waals surface area contributed by atoms with Crippen molar-refractivity contribution in [3.05, 3.63) is 0 Å². The van der Waals surface area contributed by atoms with Crippen molar-refractivity contribution in [3.63, 3.8) is 0 Å². The number of hydrogen-bond acceptors (Lipinski definition) is 4. The van der Waals surface area contributed by atoms with E-state index in [-0.39, 0.29) is 12.8 Å². The molecule has 0 radical (unpaired) electrons. The smallest absolute Gasteiger partial charge is 0.320 e. The zero-order valence-electron chi connectivity index (χ0n) is 10.2. The van der Waals surface area contributed by atoms with Gasteiger partial charge in [0.05, 0.1) is 0 Å². The van der Waals surface area contributed by atoms with E-state index in [0.717, 1.165) is 25.7 Å². The third-order valence-electron chi connectivity index (χ3n) is 2.50. The van der Waals surface area contributed by atoms with Crippen molar-refractivity contribution in [1.29, 1.82) is 0 Å². The minimum atomic E-state index is -0.937. The maximum atomic E-state index is 10.8.